The molecule has 0 unspecified atom stereocenters. The minimum Gasteiger partial charge on any atom is -0.378 e. The van der Waals surface area contributed by atoms with Gasteiger partial charge in [-0.25, -0.2) is 12.4 Å². The number of para-hydroxylation sites is 1. The van der Waals surface area contributed by atoms with Crippen molar-refractivity contribution in [3.05, 3.63) is 66.4 Å². The van der Waals surface area contributed by atoms with Gasteiger partial charge in [0.2, 0.25) is 0 Å². The number of likely N-dealkylation sites (N-methyl/N-ethyl adjacent to an activating group) is 1. The van der Waals surface area contributed by atoms with Crippen LogP contribution in [0.2, 0.25) is 0 Å². The lowest BCUT2D eigenvalue weighted by Crippen LogP contribution is -2.23. The molecular weight excluding hydrogens is 370 g/mol. The van der Waals surface area contributed by atoms with Crippen LogP contribution in [-0.2, 0) is 10.0 Å². The second-order valence-electron chi connectivity index (χ2n) is 7.49. The van der Waals surface area contributed by atoms with Crippen LogP contribution in [0.25, 0.3) is 16.5 Å². The van der Waals surface area contributed by atoms with E-state index in [1.54, 1.807) is 18.3 Å². The summed E-state index contributed by atoms with van der Waals surface area (Å²) in [7, 11) is 2.29. The van der Waals surface area contributed by atoms with E-state index in [4.69, 9.17) is 0 Å². The second-order valence-corrected chi connectivity index (χ2v) is 9.31. The number of benzene rings is 2. The summed E-state index contributed by atoms with van der Waals surface area (Å²) in [5.74, 6) is 0. The molecule has 0 amide bonds. The number of fused-ring (bicyclic) bond motifs is 1. The largest absolute Gasteiger partial charge is 0.378 e. The molecule has 2 aromatic carbocycles. The lowest BCUT2D eigenvalue weighted by atomic mass is 9.99. The third kappa shape index (κ3) is 3.23. The summed E-state index contributed by atoms with van der Waals surface area (Å²) in [5.41, 5.74) is 3.91. The van der Waals surface area contributed by atoms with Gasteiger partial charge in [0.1, 0.15) is 0 Å². The molecule has 2 heterocycles. The average molecular weight is 396 g/mol. The molecule has 0 fully saturated rings. The molecule has 5 nitrogen and oxygen atoms in total. The first kappa shape index (κ1) is 18.8. The van der Waals surface area contributed by atoms with E-state index < -0.39 is 10.0 Å². The Balaban J connectivity index is 1.84. The third-order valence-corrected chi connectivity index (χ3v) is 7.03. The van der Waals surface area contributed by atoms with Crippen molar-refractivity contribution in [3.8, 4) is 0 Å². The van der Waals surface area contributed by atoms with Crippen molar-refractivity contribution in [1.82, 2.24) is 8.87 Å². The van der Waals surface area contributed by atoms with Gasteiger partial charge in [-0.3, -0.25) is 0 Å². The van der Waals surface area contributed by atoms with Crippen molar-refractivity contribution in [3.63, 3.8) is 0 Å². The first-order valence-corrected chi connectivity index (χ1v) is 10.8. The fraction of sp³-hybridized carbons (Fsp3) is 0.273. The molecule has 0 bridgehead atoms. The molecule has 0 radical (unpaired) electrons. The minimum absolute atomic E-state index is 0.294. The zero-order valence-electron chi connectivity index (χ0n) is 16.5. The molecule has 0 saturated heterocycles. The van der Waals surface area contributed by atoms with Crippen LogP contribution in [0.4, 0.5) is 5.69 Å². The molecule has 0 spiro atoms. The zero-order chi connectivity index (χ0) is 19.9. The molecular formula is C22H25N3O2S. The number of hydrogen-bond acceptors (Lipinski definition) is 4. The lowest BCUT2D eigenvalue weighted by molar-refractivity contribution is 0.370. The summed E-state index contributed by atoms with van der Waals surface area (Å²) in [6.45, 7) is 1.86. The summed E-state index contributed by atoms with van der Waals surface area (Å²) in [5, 5.41) is 0.979. The van der Waals surface area contributed by atoms with E-state index in [0.29, 0.717) is 10.4 Å². The molecule has 4 rings (SSSR count). The van der Waals surface area contributed by atoms with Gasteiger partial charge in [-0.15, -0.1) is 0 Å². The Hall–Kier alpha value is -2.57. The number of anilines is 1. The second kappa shape index (κ2) is 7.11. The molecule has 0 saturated carbocycles. The maximum Gasteiger partial charge on any atom is 0.268 e. The molecule has 1 aliphatic heterocycles. The van der Waals surface area contributed by atoms with Crippen molar-refractivity contribution in [2.75, 3.05) is 39.1 Å². The highest BCUT2D eigenvalue weighted by Gasteiger charge is 2.23. The van der Waals surface area contributed by atoms with Gasteiger partial charge >= 0.3 is 0 Å². The van der Waals surface area contributed by atoms with Crippen LogP contribution < -0.4 is 4.90 Å². The van der Waals surface area contributed by atoms with E-state index in [1.807, 2.05) is 55.4 Å². The molecule has 0 atom stereocenters. The minimum atomic E-state index is -3.68. The first-order valence-electron chi connectivity index (χ1n) is 9.39. The average Bonchev–Trinajstić information content (AvgIpc) is 3.09. The van der Waals surface area contributed by atoms with Crippen LogP contribution in [0.1, 0.15) is 12.0 Å². The van der Waals surface area contributed by atoms with Crippen molar-refractivity contribution >= 4 is 32.2 Å². The van der Waals surface area contributed by atoms with Gasteiger partial charge in [0, 0.05) is 50.0 Å². The summed E-state index contributed by atoms with van der Waals surface area (Å²) in [6, 6.07) is 14.7. The summed E-state index contributed by atoms with van der Waals surface area (Å²) < 4.78 is 28.2. The van der Waals surface area contributed by atoms with E-state index in [9.17, 15) is 8.42 Å². The molecule has 1 aliphatic rings. The normalized spacial score (nSPS) is 15.6. The van der Waals surface area contributed by atoms with Crippen LogP contribution in [0.5, 0.6) is 0 Å². The number of rotatable bonds is 4. The smallest absolute Gasteiger partial charge is 0.268 e. The topological polar surface area (TPSA) is 45.6 Å². The third-order valence-electron chi connectivity index (χ3n) is 5.35. The highest BCUT2D eigenvalue weighted by molar-refractivity contribution is 7.90. The van der Waals surface area contributed by atoms with E-state index in [1.165, 1.54) is 9.55 Å². The van der Waals surface area contributed by atoms with Gasteiger partial charge in [0.05, 0.1) is 10.4 Å². The van der Waals surface area contributed by atoms with Crippen LogP contribution in [0.15, 0.2) is 65.7 Å². The fourth-order valence-electron chi connectivity index (χ4n) is 3.65. The molecule has 6 heteroatoms. The van der Waals surface area contributed by atoms with Gasteiger partial charge in [-0.05, 0) is 49.4 Å². The van der Waals surface area contributed by atoms with Crippen LogP contribution in [-0.4, -0.2) is 51.5 Å². The van der Waals surface area contributed by atoms with Gasteiger partial charge in [-0.2, -0.15) is 0 Å². The fourth-order valence-corrected chi connectivity index (χ4v) is 5.02. The molecule has 0 N–H and O–H groups in total. The Labute approximate surface area is 166 Å². The number of aromatic nitrogens is 1. The van der Waals surface area contributed by atoms with E-state index >= 15 is 0 Å². The Morgan fingerprint density at radius 2 is 1.71 bits per heavy atom. The molecule has 146 valence electrons. The van der Waals surface area contributed by atoms with Gasteiger partial charge in [-0.1, -0.05) is 24.3 Å². The molecule has 1 aromatic heterocycles. The molecule has 28 heavy (non-hydrogen) atoms. The Morgan fingerprint density at radius 3 is 2.36 bits per heavy atom. The van der Waals surface area contributed by atoms with Crippen molar-refractivity contribution in [1.29, 1.82) is 0 Å². The predicted octanol–water partition coefficient (Wildman–Crippen LogP) is 3.66. The maximum absolute atomic E-state index is 13.4. The van der Waals surface area contributed by atoms with E-state index in [0.717, 1.165) is 36.1 Å². The summed E-state index contributed by atoms with van der Waals surface area (Å²) >= 11 is 0. The summed E-state index contributed by atoms with van der Waals surface area (Å²) in [4.78, 5) is 4.50. The Kier molecular flexibility index (Phi) is 4.77. The number of nitrogens with zero attached hydrogens (tertiary/aromatic N) is 3. The monoisotopic (exact) mass is 395 g/mol. The SMILES string of the molecule is CN1CC=C(c2cn(S(=O)(=O)c3ccc(N(C)C)cc3)c3ccccc23)CC1. The van der Waals surface area contributed by atoms with Crippen molar-refractivity contribution in [2.24, 2.45) is 0 Å². The standard InChI is InChI=1S/C22H25N3O2S/c1-23(2)18-8-10-19(11-9-18)28(26,27)25-16-21(17-12-14-24(3)15-13-17)20-6-4-5-7-22(20)25/h4-12,16H,13-15H2,1-3H3. The van der Waals surface area contributed by atoms with Crippen LogP contribution >= 0.6 is 0 Å². The van der Waals surface area contributed by atoms with Crippen LogP contribution in [0.3, 0.4) is 0 Å². The quantitative estimate of drug-likeness (QED) is 0.676. The van der Waals surface area contributed by atoms with Gasteiger partial charge in [0.15, 0.2) is 0 Å². The van der Waals surface area contributed by atoms with E-state index in [2.05, 4.69) is 18.0 Å². The first-order chi connectivity index (χ1) is 13.4. The Bertz CT molecular complexity index is 1140. The molecule has 0 aliphatic carbocycles. The molecule has 3 aromatic rings. The zero-order valence-corrected chi connectivity index (χ0v) is 17.3. The van der Waals surface area contributed by atoms with Gasteiger partial charge in [0.25, 0.3) is 10.0 Å². The predicted molar refractivity (Wildman–Crippen MR) is 115 cm³/mol. The Morgan fingerprint density at radius 1 is 1.00 bits per heavy atom. The van der Waals surface area contributed by atoms with Gasteiger partial charge < -0.3 is 9.80 Å². The highest BCUT2D eigenvalue weighted by Crippen LogP contribution is 2.33. The lowest BCUT2D eigenvalue weighted by Gasteiger charge is -2.21. The van der Waals surface area contributed by atoms with Crippen molar-refractivity contribution in [2.45, 2.75) is 11.3 Å². The maximum atomic E-state index is 13.4. The van der Waals surface area contributed by atoms with Crippen LogP contribution in [0, 0.1) is 0 Å². The highest BCUT2D eigenvalue weighted by atomic mass is 32.2. The van der Waals surface area contributed by atoms with E-state index in [-0.39, 0.29) is 0 Å². The number of hydrogen-bond donors (Lipinski definition) is 0. The van der Waals surface area contributed by atoms with Crippen molar-refractivity contribution < 1.29 is 8.42 Å². The summed E-state index contributed by atoms with van der Waals surface area (Å²) in [6.07, 6.45) is 4.91.